The van der Waals surface area contributed by atoms with Crippen LogP contribution in [0, 0.1) is 0 Å². The van der Waals surface area contributed by atoms with Crippen LogP contribution in [0.2, 0.25) is 0 Å². The second kappa shape index (κ2) is 8.82. The molecule has 2 aromatic rings. The van der Waals surface area contributed by atoms with E-state index in [1.165, 1.54) is 0 Å². The molecule has 0 amide bonds. The Labute approximate surface area is 163 Å². The second-order valence-electron chi connectivity index (χ2n) is 6.55. The number of aromatic nitrogens is 2. The predicted molar refractivity (Wildman–Crippen MR) is 82.8 cm³/mol. The molecule has 0 atom stereocenters. The minimum atomic E-state index is -2.00. The molecule has 0 bridgehead atoms. The zero-order valence-corrected chi connectivity index (χ0v) is 15.7. The molecule has 0 aliphatic heterocycles. The number of nitrogens with zero attached hydrogens (tertiary/aromatic N) is 2. The van der Waals surface area contributed by atoms with Crippen LogP contribution in [0.25, 0.3) is 5.65 Å². The molecule has 2 heterocycles. The van der Waals surface area contributed by atoms with Crippen LogP contribution < -0.4 is 53.4 Å². The quantitative estimate of drug-likeness (QED) is 0.532. The molecule has 0 fully saturated rings. The van der Waals surface area contributed by atoms with Gasteiger partial charge in [0.05, 0.1) is 5.69 Å². The van der Waals surface area contributed by atoms with Gasteiger partial charge in [0.15, 0.2) is 0 Å². The standard InChI is InChI=1S/C16H23BN2O2.2Li/c1-9(2)12-7-8-13-18-14(10(3)4)15(11(5)6)19(13)16(12)17(20)21;;/h7-11H,1-6H3;;/q-2;2*+1. The number of hydrogen-bond acceptors (Lipinski definition) is 3. The van der Waals surface area contributed by atoms with Gasteiger partial charge in [0, 0.05) is 5.69 Å². The van der Waals surface area contributed by atoms with E-state index in [-0.39, 0.29) is 55.5 Å². The van der Waals surface area contributed by atoms with Gasteiger partial charge in [0.25, 0.3) is 0 Å². The fourth-order valence-electron chi connectivity index (χ4n) is 2.92. The van der Waals surface area contributed by atoms with Crippen molar-refractivity contribution in [3.8, 4) is 0 Å². The van der Waals surface area contributed by atoms with Gasteiger partial charge >= 0.3 is 37.7 Å². The number of rotatable bonds is 4. The van der Waals surface area contributed by atoms with Crippen LogP contribution in [0.3, 0.4) is 0 Å². The first-order chi connectivity index (χ1) is 9.75. The summed E-state index contributed by atoms with van der Waals surface area (Å²) < 4.78 is 1.82. The first-order valence-corrected chi connectivity index (χ1v) is 7.62. The van der Waals surface area contributed by atoms with Gasteiger partial charge in [-0.05, 0) is 29.4 Å². The Morgan fingerprint density at radius 1 is 0.913 bits per heavy atom. The van der Waals surface area contributed by atoms with Gasteiger partial charge in [0.1, 0.15) is 5.65 Å². The molecule has 23 heavy (non-hydrogen) atoms. The average molecular weight is 300 g/mol. The van der Waals surface area contributed by atoms with Crippen molar-refractivity contribution >= 4 is 18.4 Å². The summed E-state index contributed by atoms with van der Waals surface area (Å²) >= 11 is 0. The van der Waals surface area contributed by atoms with Crippen LogP contribution in [0.1, 0.15) is 76.2 Å². The maximum atomic E-state index is 11.8. The molecule has 0 aromatic carbocycles. The largest absolute Gasteiger partial charge is 1.00 e. The van der Waals surface area contributed by atoms with Crippen LogP contribution in [0.15, 0.2) is 12.1 Å². The molecule has 0 saturated heterocycles. The topological polar surface area (TPSA) is 63.4 Å². The monoisotopic (exact) mass is 300 g/mol. The van der Waals surface area contributed by atoms with Crippen molar-refractivity contribution in [1.82, 2.24) is 9.38 Å². The van der Waals surface area contributed by atoms with E-state index in [1.54, 1.807) is 0 Å². The van der Waals surface area contributed by atoms with Crippen molar-refractivity contribution in [3.05, 3.63) is 29.1 Å². The van der Waals surface area contributed by atoms with Crippen LogP contribution in [-0.4, -0.2) is 16.5 Å². The smallest absolute Gasteiger partial charge is 0.888 e. The predicted octanol–water partition coefficient (Wildman–Crippen LogP) is -4.87. The van der Waals surface area contributed by atoms with Crippen LogP contribution in [0.4, 0.5) is 0 Å². The third-order valence-corrected chi connectivity index (χ3v) is 3.86. The molecule has 0 saturated carbocycles. The summed E-state index contributed by atoms with van der Waals surface area (Å²) in [5.41, 5.74) is 3.83. The second-order valence-corrected chi connectivity index (χ2v) is 6.55. The first-order valence-electron chi connectivity index (χ1n) is 7.62. The van der Waals surface area contributed by atoms with E-state index in [4.69, 9.17) is 0 Å². The Hall–Kier alpha value is -0.130. The van der Waals surface area contributed by atoms with E-state index in [1.807, 2.05) is 30.4 Å². The van der Waals surface area contributed by atoms with Crippen LogP contribution in [0.5, 0.6) is 0 Å². The number of pyridine rings is 1. The fourth-order valence-corrected chi connectivity index (χ4v) is 2.92. The molecule has 0 N–H and O–H groups in total. The molecule has 4 nitrogen and oxygen atoms in total. The molecule has 0 aliphatic rings. The average Bonchev–Trinajstić information content (AvgIpc) is 2.76. The first kappa shape index (κ1) is 22.9. The molecule has 114 valence electrons. The van der Waals surface area contributed by atoms with E-state index >= 15 is 0 Å². The Balaban J connectivity index is 0.00000242. The van der Waals surface area contributed by atoms with Gasteiger partial charge in [-0.3, -0.25) is 0 Å². The third kappa shape index (κ3) is 4.29. The van der Waals surface area contributed by atoms with Gasteiger partial charge in [-0.1, -0.05) is 60.3 Å². The number of fused-ring (bicyclic) bond motifs is 1. The summed E-state index contributed by atoms with van der Waals surface area (Å²) in [6.07, 6.45) is 0. The van der Waals surface area contributed by atoms with Crippen molar-refractivity contribution in [1.29, 1.82) is 0 Å². The summed E-state index contributed by atoms with van der Waals surface area (Å²) in [6, 6.07) is 3.79. The van der Waals surface area contributed by atoms with Crippen molar-refractivity contribution in [3.63, 3.8) is 0 Å². The van der Waals surface area contributed by atoms with Gasteiger partial charge in [-0.25, -0.2) is 4.98 Å². The normalized spacial score (nSPS) is 11.1. The molecule has 0 spiro atoms. The third-order valence-electron chi connectivity index (χ3n) is 3.86. The van der Waals surface area contributed by atoms with E-state index in [0.29, 0.717) is 11.2 Å². The minimum absolute atomic E-state index is 0. The fraction of sp³-hybridized carbons (Fsp3) is 0.562. The van der Waals surface area contributed by atoms with Crippen molar-refractivity contribution in [2.75, 3.05) is 0 Å². The molecule has 2 aromatic heterocycles. The molecule has 0 unspecified atom stereocenters. The maximum Gasteiger partial charge on any atom is 1.00 e. The Kier molecular flexibility index (Phi) is 8.77. The van der Waals surface area contributed by atoms with Crippen molar-refractivity contribution in [2.45, 2.75) is 59.3 Å². The van der Waals surface area contributed by atoms with E-state index in [0.717, 1.165) is 17.0 Å². The van der Waals surface area contributed by atoms with Gasteiger partial charge in [0.2, 0.25) is 0 Å². The molecular formula is C16H23BLi2N2O2. The summed E-state index contributed by atoms with van der Waals surface area (Å²) in [6.45, 7) is 12.3. The zero-order chi connectivity index (χ0) is 15.9. The molecular weight excluding hydrogens is 277 g/mol. The van der Waals surface area contributed by atoms with Gasteiger partial charge in [-0.2, -0.15) is 0 Å². The van der Waals surface area contributed by atoms with Gasteiger partial charge in [-0.15, -0.1) is 0 Å². The molecule has 0 aliphatic carbocycles. The van der Waals surface area contributed by atoms with Crippen molar-refractivity contribution in [2.24, 2.45) is 0 Å². The number of hydrogen-bond donors (Lipinski definition) is 0. The Morgan fingerprint density at radius 2 is 1.48 bits per heavy atom. The minimum Gasteiger partial charge on any atom is -0.888 e. The number of imidazole rings is 1. The molecule has 2 rings (SSSR count). The van der Waals surface area contributed by atoms with Gasteiger partial charge < -0.3 is 14.4 Å². The maximum absolute atomic E-state index is 11.8. The summed E-state index contributed by atoms with van der Waals surface area (Å²) in [7, 11) is -2.00. The van der Waals surface area contributed by atoms with E-state index in [2.05, 4.69) is 32.7 Å². The van der Waals surface area contributed by atoms with E-state index < -0.39 is 7.12 Å². The Morgan fingerprint density at radius 3 is 1.87 bits per heavy atom. The SMILES string of the molecule is CC(C)c1ccc2nc(C(C)C)c(C(C)C)n2c1B([O-])[O-].[Li+].[Li+]. The summed E-state index contributed by atoms with van der Waals surface area (Å²) in [5.74, 6) is 0.603. The van der Waals surface area contributed by atoms with Crippen LogP contribution in [-0.2, 0) is 0 Å². The van der Waals surface area contributed by atoms with E-state index in [9.17, 15) is 10.0 Å². The van der Waals surface area contributed by atoms with Crippen molar-refractivity contribution < 1.29 is 47.8 Å². The summed E-state index contributed by atoms with van der Waals surface area (Å²) in [4.78, 5) is 4.66. The molecule has 7 heteroatoms. The Bertz CT molecular complexity index is 649. The summed E-state index contributed by atoms with van der Waals surface area (Å²) in [5, 5.41) is 23.6. The molecule has 0 radical (unpaired) electrons. The zero-order valence-electron chi connectivity index (χ0n) is 15.7. The van der Waals surface area contributed by atoms with Crippen LogP contribution >= 0.6 is 0 Å².